The van der Waals surface area contributed by atoms with Gasteiger partial charge < -0.3 is 5.11 Å². The van der Waals surface area contributed by atoms with Gasteiger partial charge in [0.25, 0.3) is 5.91 Å². The van der Waals surface area contributed by atoms with Gasteiger partial charge in [-0.05, 0) is 5.56 Å². The van der Waals surface area contributed by atoms with E-state index in [4.69, 9.17) is 0 Å². The molecule has 1 heterocycles. The van der Waals surface area contributed by atoms with Crippen LogP contribution in [0.2, 0.25) is 0 Å². The quantitative estimate of drug-likeness (QED) is 0.661. The first-order valence-corrected chi connectivity index (χ1v) is 4.46. The van der Waals surface area contributed by atoms with Crippen molar-refractivity contribution in [3.63, 3.8) is 0 Å². The van der Waals surface area contributed by atoms with Crippen LogP contribution in [0.5, 0.6) is 0 Å². The van der Waals surface area contributed by atoms with Gasteiger partial charge in [-0.1, -0.05) is 30.3 Å². The molecule has 0 bridgehead atoms. The van der Waals surface area contributed by atoms with Crippen LogP contribution >= 0.6 is 0 Å². The second kappa shape index (κ2) is 3.40. The topological polar surface area (TPSA) is 52.6 Å². The lowest BCUT2D eigenvalue weighted by molar-refractivity contribution is -0.126. The fraction of sp³-hybridized carbons (Fsp3) is 0.300. The van der Waals surface area contributed by atoms with Crippen LogP contribution in [0.1, 0.15) is 11.6 Å². The van der Waals surface area contributed by atoms with Crippen molar-refractivity contribution in [2.75, 3.05) is 7.05 Å². The van der Waals surface area contributed by atoms with Crippen LogP contribution in [0.25, 0.3) is 0 Å². The molecule has 4 nitrogen and oxygen atoms in total. The summed E-state index contributed by atoms with van der Waals surface area (Å²) >= 11 is 0. The molecule has 1 aromatic carbocycles. The predicted molar refractivity (Wildman–Crippen MR) is 51.1 cm³/mol. The van der Waals surface area contributed by atoms with Gasteiger partial charge in [0.05, 0.1) is 6.04 Å². The molecule has 1 fully saturated rings. The maximum Gasteiger partial charge on any atom is 0.265 e. The molecule has 1 saturated heterocycles. The molecular weight excluding hydrogens is 180 g/mol. The lowest BCUT2D eigenvalue weighted by Gasteiger charge is -2.19. The summed E-state index contributed by atoms with van der Waals surface area (Å²) in [6, 6.07) is 9.18. The fourth-order valence-corrected chi connectivity index (χ4v) is 1.72. The summed E-state index contributed by atoms with van der Waals surface area (Å²) < 4.78 is 0. The molecule has 2 N–H and O–H groups in total. The van der Waals surface area contributed by atoms with E-state index < -0.39 is 6.10 Å². The highest BCUT2D eigenvalue weighted by molar-refractivity contribution is 5.83. The van der Waals surface area contributed by atoms with E-state index in [9.17, 15) is 9.90 Å². The molecule has 1 unspecified atom stereocenters. The maximum atomic E-state index is 11.2. The van der Waals surface area contributed by atoms with Gasteiger partial charge in [0, 0.05) is 7.05 Å². The van der Waals surface area contributed by atoms with Crippen molar-refractivity contribution in [3.05, 3.63) is 35.9 Å². The Bertz CT molecular complexity index is 339. The maximum absolute atomic E-state index is 11.2. The molecule has 0 radical (unpaired) electrons. The number of nitrogens with zero attached hydrogens (tertiary/aromatic N) is 1. The first kappa shape index (κ1) is 9.18. The Kier molecular flexibility index (Phi) is 2.23. The second-order valence-corrected chi connectivity index (χ2v) is 3.39. The van der Waals surface area contributed by atoms with Gasteiger partial charge in [-0.15, -0.1) is 0 Å². The zero-order chi connectivity index (χ0) is 10.1. The van der Waals surface area contributed by atoms with Gasteiger partial charge in [-0.3, -0.25) is 10.2 Å². The minimum atomic E-state index is -0.984. The number of aliphatic hydroxyl groups excluding tert-OH is 1. The van der Waals surface area contributed by atoms with Crippen LogP contribution in [0, 0.1) is 0 Å². The number of carbonyl (C=O) groups is 1. The third-order valence-corrected chi connectivity index (χ3v) is 2.41. The van der Waals surface area contributed by atoms with Crippen molar-refractivity contribution < 1.29 is 9.90 Å². The van der Waals surface area contributed by atoms with Crippen molar-refractivity contribution in [1.29, 1.82) is 0 Å². The van der Waals surface area contributed by atoms with Crippen molar-refractivity contribution in [3.8, 4) is 0 Å². The lowest BCUT2D eigenvalue weighted by atomic mass is 10.0. The third-order valence-electron chi connectivity index (χ3n) is 2.41. The zero-order valence-corrected chi connectivity index (χ0v) is 7.84. The average Bonchev–Trinajstić information content (AvgIpc) is 2.43. The standard InChI is InChI=1S/C10H12N2O2/c1-12-8(9(13)10(14)11-12)7-5-3-2-4-6-7/h2-6,8-9,13H,1H3,(H,11,14)/t8-,9?/m1/s1. The summed E-state index contributed by atoms with van der Waals surface area (Å²) in [4.78, 5) is 11.2. The SMILES string of the molecule is CN1NC(=O)C(O)[C@H]1c1ccccc1. The highest BCUT2D eigenvalue weighted by Crippen LogP contribution is 2.25. The lowest BCUT2D eigenvalue weighted by Crippen LogP contribution is -2.30. The molecule has 14 heavy (non-hydrogen) atoms. The summed E-state index contributed by atoms with van der Waals surface area (Å²) in [6.07, 6.45) is -0.984. The Morgan fingerprint density at radius 3 is 2.50 bits per heavy atom. The number of hydrogen-bond donors (Lipinski definition) is 2. The number of aliphatic hydroxyl groups is 1. The number of hydrogen-bond acceptors (Lipinski definition) is 3. The molecule has 2 atom stereocenters. The van der Waals surface area contributed by atoms with Crippen LogP contribution in [-0.4, -0.2) is 29.2 Å². The number of carbonyl (C=O) groups excluding carboxylic acids is 1. The van der Waals surface area contributed by atoms with Gasteiger partial charge in [-0.2, -0.15) is 0 Å². The highest BCUT2D eigenvalue weighted by atomic mass is 16.3. The number of nitrogens with one attached hydrogen (secondary N) is 1. The van der Waals surface area contributed by atoms with Crippen molar-refractivity contribution in [2.24, 2.45) is 0 Å². The highest BCUT2D eigenvalue weighted by Gasteiger charge is 2.38. The second-order valence-electron chi connectivity index (χ2n) is 3.39. The van der Waals surface area contributed by atoms with Crippen molar-refractivity contribution in [2.45, 2.75) is 12.1 Å². The first-order chi connectivity index (χ1) is 6.70. The van der Waals surface area contributed by atoms with Crippen LogP contribution in [0.3, 0.4) is 0 Å². The van der Waals surface area contributed by atoms with E-state index in [1.165, 1.54) is 0 Å². The Labute approximate surface area is 82.1 Å². The van der Waals surface area contributed by atoms with Crippen LogP contribution in [0.15, 0.2) is 30.3 Å². The molecule has 74 valence electrons. The predicted octanol–water partition coefficient (Wildman–Crippen LogP) is 0.0652. The fourth-order valence-electron chi connectivity index (χ4n) is 1.72. The van der Waals surface area contributed by atoms with Gasteiger partial charge >= 0.3 is 0 Å². The molecule has 0 saturated carbocycles. The Balaban J connectivity index is 2.31. The minimum Gasteiger partial charge on any atom is -0.381 e. The van der Waals surface area contributed by atoms with E-state index in [2.05, 4.69) is 5.43 Å². The van der Waals surface area contributed by atoms with Gasteiger partial charge in [0.15, 0.2) is 6.10 Å². The first-order valence-electron chi connectivity index (χ1n) is 4.46. The smallest absolute Gasteiger partial charge is 0.265 e. The van der Waals surface area contributed by atoms with E-state index in [0.717, 1.165) is 5.56 Å². The van der Waals surface area contributed by atoms with Gasteiger partial charge in [0.1, 0.15) is 0 Å². The normalized spacial score (nSPS) is 27.7. The monoisotopic (exact) mass is 192 g/mol. The number of rotatable bonds is 1. The zero-order valence-electron chi connectivity index (χ0n) is 7.84. The van der Waals surface area contributed by atoms with Crippen molar-refractivity contribution in [1.82, 2.24) is 10.4 Å². The van der Waals surface area contributed by atoms with Gasteiger partial charge in [-0.25, -0.2) is 5.01 Å². The molecule has 1 aliphatic heterocycles. The minimum absolute atomic E-state index is 0.288. The summed E-state index contributed by atoms with van der Waals surface area (Å²) in [7, 11) is 1.74. The van der Waals surface area contributed by atoms with E-state index in [0.29, 0.717) is 0 Å². The number of amides is 1. The Morgan fingerprint density at radius 2 is 2.00 bits per heavy atom. The van der Waals surface area contributed by atoms with Crippen LogP contribution in [0.4, 0.5) is 0 Å². The summed E-state index contributed by atoms with van der Waals surface area (Å²) in [5.41, 5.74) is 3.49. The summed E-state index contributed by atoms with van der Waals surface area (Å²) in [5, 5.41) is 11.3. The number of hydrazine groups is 1. The molecule has 1 aliphatic rings. The van der Waals surface area contributed by atoms with E-state index >= 15 is 0 Å². The van der Waals surface area contributed by atoms with E-state index in [-0.39, 0.29) is 11.9 Å². The summed E-state index contributed by atoms with van der Waals surface area (Å²) in [5.74, 6) is -0.346. The molecule has 0 aliphatic carbocycles. The Hall–Kier alpha value is -1.39. The molecule has 4 heteroatoms. The third kappa shape index (κ3) is 1.38. The average molecular weight is 192 g/mol. The molecular formula is C10H12N2O2. The van der Waals surface area contributed by atoms with Crippen LogP contribution in [-0.2, 0) is 4.79 Å². The number of benzene rings is 1. The van der Waals surface area contributed by atoms with Crippen molar-refractivity contribution >= 4 is 5.91 Å². The molecule has 0 spiro atoms. The Morgan fingerprint density at radius 1 is 1.36 bits per heavy atom. The molecule has 0 aromatic heterocycles. The van der Waals surface area contributed by atoms with Gasteiger partial charge in [0.2, 0.25) is 0 Å². The molecule has 1 aromatic rings. The largest absolute Gasteiger partial charge is 0.381 e. The number of likely N-dealkylation sites (N-methyl/N-ethyl adjacent to an activating group) is 1. The van der Waals surface area contributed by atoms with E-state index in [1.54, 1.807) is 12.1 Å². The van der Waals surface area contributed by atoms with Crippen LogP contribution < -0.4 is 5.43 Å². The van der Waals surface area contributed by atoms with E-state index in [1.807, 2.05) is 30.3 Å². The molecule has 1 amide bonds. The molecule has 2 rings (SSSR count). The summed E-state index contributed by atoms with van der Waals surface area (Å²) in [6.45, 7) is 0.